The molecule has 0 saturated heterocycles. The van der Waals surface area contributed by atoms with Crippen molar-refractivity contribution < 1.29 is 4.79 Å². The fourth-order valence-corrected chi connectivity index (χ4v) is 1.66. The summed E-state index contributed by atoms with van der Waals surface area (Å²) in [6, 6.07) is 1.93. The molecule has 0 bridgehead atoms. The fraction of sp³-hybridized carbons (Fsp3) is 0.500. The molecule has 102 valence electrons. The lowest BCUT2D eigenvalue weighted by atomic mass is 10.2. The van der Waals surface area contributed by atoms with E-state index in [9.17, 15) is 4.79 Å². The van der Waals surface area contributed by atoms with Crippen LogP contribution in [0.5, 0.6) is 0 Å². The van der Waals surface area contributed by atoms with E-state index in [1.54, 1.807) is 10.9 Å². The Morgan fingerprint density at radius 1 is 1.53 bits per heavy atom. The van der Waals surface area contributed by atoms with Crippen molar-refractivity contribution in [3.05, 3.63) is 29.6 Å². The molecule has 1 amide bonds. The van der Waals surface area contributed by atoms with Crippen molar-refractivity contribution in [2.75, 3.05) is 6.54 Å². The van der Waals surface area contributed by atoms with Crippen LogP contribution in [0.15, 0.2) is 12.3 Å². The van der Waals surface area contributed by atoms with E-state index in [1.807, 2.05) is 27.0 Å². The predicted octanol–water partition coefficient (Wildman–Crippen LogP) is 0.634. The maximum atomic E-state index is 11.8. The number of aromatic nitrogens is 5. The Kier molecular flexibility index (Phi) is 3.94. The maximum absolute atomic E-state index is 11.8. The van der Waals surface area contributed by atoms with Crippen molar-refractivity contribution in [3.63, 3.8) is 0 Å². The normalized spacial score (nSPS) is 10.9. The highest BCUT2D eigenvalue weighted by molar-refractivity contribution is 5.90. The molecule has 0 spiro atoms. The molecule has 2 N–H and O–H groups in total. The summed E-state index contributed by atoms with van der Waals surface area (Å²) < 4.78 is 1.79. The van der Waals surface area contributed by atoms with Gasteiger partial charge >= 0.3 is 0 Å². The molecule has 0 atom stereocenters. The van der Waals surface area contributed by atoms with Gasteiger partial charge in [-0.25, -0.2) is 4.98 Å². The molecule has 2 aromatic heterocycles. The molecule has 0 radical (unpaired) electrons. The van der Waals surface area contributed by atoms with Crippen LogP contribution in [-0.2, 0) is 13.5 Å². The molecule has 0 aliphatic carbocycles. The van der Waals surface area contributed by atoms with Gasteiger partial charge in [0.1, 0.15) is 5.82 Å². The van der Waals surface area contributed by atoms with Crippen molar-refractivity contribution in [1.29, 1.82) is 0 Å². The van der Waals surface area contributed by atoms with Gasteiger partial charge in [-0.2, -0.15) is 5.10 Å². The molecular weight excluding hydrogens is 244 g/mol. The smallest absolute Gasteiger partial charge is 0.290 e. The van der Waals surface area contributed by atoms with Crippen LogP contribution in [0.25, 0.3) is 0 Å². The summed E-state index contributed by atoms with van der Waals surface area (Å²) in [5.41, 5.74) is 1.07. The van der Waals surface area contributed by atoms with E-state index in [4.69, 9.17) is 0 Å². The average molecular weight is 262 g/mol. The zero-order valence-electron chi connectivity index (χ0n) is 11.3. The fourth-order valence-electron chi connectivity index (χ4n) is 1.66. The van der Waals surface area contributed by atoms with Crippen LogP contribution in [-0.4, -0.2) is 37.4 Å². The highest BCUT2D eigenvalue weighted by Gasteiger charge is 2.13. The van der Waals surface area contributed by atoms with Gasteiger partial charge in [-0.1, -0.05) is 13.8 Å². The number of amides is 1. The zero-order chi connectivity index (χ0) is 13.8. The molecule has 0 unspecified atom stereocenters. The molecule has 7 nitrogen and oxygen atoms in total. The van der Waals surface area contributed by atoms with Crippen LogP contribution in [0.3, 0.4) is 0 Å². The molecule has 0 fully saturated rings. The Morgan fingerprint density at radius 3 is 2.89 bits per heavy atom. The van der Waals surface area contributed by atoms with Gasteiger partial charge in [0.15, 0.2) is 0 Å². The second-order valence-electron chi connectivity index (χ2n) is 4.65. The second-order valence-corrected chi connectivity index (χ2v) is 4.65. The SMILES string of the molecule is CC(C)c1nc(C(=O)NCCc2ccnn2C)n[nH]1. The molecule has 0 aliphatic heterocycles. The number of nitrogens with zero attached hydrogens (tertiary/aromatic N) is 4. The summed E-state index contributed by atoms with van der Waals surface area (Å²) in [7, 11) is 1.88. The zero-order valence-corrected chi connectivity index (χ0v) is 11.3. The molecule has 0 aliphatic rings. The first kappa shape index (κ1) is 13.3. The molecule has 19 heavy (non-hydrogen) atoms. The van der Waals surface area contributed by atoms with Gasteiger partial charge in [0.05, 0.1) is 0 Å². The Balaban J connectivity index is 1.85. The van der Waals surface area contributed by atoms with Gasteiger partial charge in [0.25, 0.3) is 5.91 Å². The average Bonchev–Trinajstić information content (AvgIpc) is 2.98. The van der Waals surface area contributed by atoms with Gasteiger partial charge in [-0.15, -0.1) is 5.10 Å². The highest BCUT2D eigenvalue weighted by atomic mass is 16.2. The van der Waals surface area contributed by atoms with Crippen LogP contribution in [0, 0.1) is 0 Å². The van der Waals surface area contributed by atoms with Crippen LogP contribution in [0.2, 0.25) is 0 Å². The number of nitrogens with one attached hydrogen (secondary N) is 2. The number of aromatic amines is 1. The van der Waals surface area contributed by atoms with Crippen molar-refractivity contribution in [2.45, 2.75) is 26.2 Å². The Labute approximate surface area is 111 Å². The third-order valence-corrected chi connectivity index (χ3v) is 2.84. The van der Waals surface area contributed by atoms with Crippen LogP contribution in [0.1, 0.15) is 41.9 Å². The molecule has 2 heterocycles. The summed E-state index contributed by atoms with van der Waals surface area (Å²) in [4.78, 5) is 16.0. The summed E-state index contributed by atoms with van der Waals surface area (Å²) in [5, 5.41) is 13.5. The first-order valence-electron chi connectivity index (χ1n) is 6.25. The topological polar surface area (TPSA) is 88.5 Å². The van der Waals surface area contributed by atoms with E-state index >= 15 is 0 Å². The minimum absolute atomic E-state index is 0.189. The lowest BCUT2D eigenvalue weighted by Crippen LogP contribution is -2.27. The second kappa shape index (κ2) is 5.64. The third-order valence-electron chi connectivity index (χ3n) is 2.84. The molecule has 2 aromatic rings. The van der Waals surface area contributed by atoms with E-state index in [0.717, 1.165) is 17.9 Å². The van der Waals surface area contributed by atoms with Gasteiger partial charge in [0.2, 0.25) is 5.82 Å². The van der Waals surface area contributed by atoms with E-state index in [1.165, 1.54) is 0 Å². The van der Waals surface area contributed by atoms with Gasteiger partial charge in [-0.05, 0) is 6.07 Å². The van der Waals surface area contributed by atoms with Gasteiger partial charge in [-0.3, -0.25) is 14.6 Å². The minimum Gasteiger partial charge on any atom is -0.349 e. The third kappa shape index (κ3) is 3.18. The van der Waals surface area contributed by atoms with Crippen molar-refractivity contribution in [2.24, 2.45) is 7.05 Å². The highest BCUT2D eigenvalue weighted by Crippen LogP contribution is 2.07. The number of carbonyl (C=O) groups excluding carboxylic acids is 1. The monoisotopic (exact) mass is 262 g/mol. The van der Waals surface area contributed by atoms with Gasteiger partial charge < -0.3 is 5.32 Å². The number of aryl methyl sites for hydroxylation is 1. The first-order chi connectivity index (χ1) is 9.08. The lowest BCUT2D eigenvalue weighted by molar-refractivity contribution is 0.0944. The number of carbonyl (C=O) groups is 1. The van der Waals surface area contributed by atoms with E-state index in [-0.39, 0.29) is 17.6 Å². The number of H-pyrrole nitrogens is 1. The lowest BCUT2D eigenvalue weighted by Gasteiger charge is -2.03. The predicted molar refractivity (Wildman–Crippen MR) is 69.7 cm³/mol. The van der Waals surface area contributed by atoms with Crippen molar-refractivity contribution in [1.82, 2.24) is 30.3 Å². The first-order valence-corrected chi connectivity index (χ1v) is 6.25. The molecule has 0 aromatic carbocycles. The minimum atomic E-state index is -0.259. The Morgan fingerprint density at radius 2 is 2.32 bits per heavy atom. The number of hydrogen-bond acceptors (Lipinski definition) is 4. The standard InChI is InChI=1S/C12H18N6O/c1-8(2)10-15-11(17-16-10)12(19)13-6-4-9-5-7-14-18(9)3/h5,7-8H,4,6H2,1-3H3,(H,13,19)(H,15,16,17). The summed E-state index contributed by atoms with van der Waals surface area (Å²) >= 11 is 0. The van der Waals surface area contributed by atoms with E-state index in [2.05, 4.69) is 25.6 Å². The number of rotatable bonds is 5. The molecule has 7 heteroatoms. The largest absolute Gasteiger partial charge is 0.349 e. The quantitative estimate of drug-likeness (QED) is 0.827. The van der Waals surface area contributed by atoms with E-state index < -0.39 is 0 Å². The van der Waals surface area contributed by atoms with Crippen LogP contribution in [0.4, 0.5) is 0 Å². The number of hydrogen-bond donors (Lipinski definition) is 2. The Hall–Kier alpha value is -2.18. The van der Waals surface area contributed by atoms with Crippen LogP contribution < -0.4 is 5.32 Å². The Bertz CT molecular complexity index is 556. The summed E-state index contributed by atoms with van der Waals surface area (Å²) in [6.07, 6.45) is 2.46. The maximum Gasteiger partial charge on any atom is 0.290 e. The summed E-state index contributed by atoms with van der Waals surface area (Å²) in [5.74, 6) is 0.874. The van der Waals surface area contributed by atoms with Crippen LogP contribution >= 0.6 is 0 Å². The van der Waals surface area contributed by atoms with Crippen molar-refractivity contribution in [3.8, 4) is 0 Å². The van der Waals surface area contributed by atoms with Gasteiger partial charge in [0, 0.05) is 37.8 Å². The van der Waals surface area contributed by atoms with E-state index in [0.29, 0.717) is 6.54 Å². The van der Waals surface area contributed by atoms with Crippen molar-refractivity contribution >= 4 is 5.91 Å². The molecule has 0 saturated carbocycles. The molecular formula is C12H18N6O. The summed E-state index contributed by atoms with van der Waals surface area (Å²) in [6.45, 7) is 4.51. The molecule has 2 rings (SSSR count).